The van der Waals surface area contributed by atoms with Crippen LogP contribution in [-0.2, 0) is 11.0 Å². The van der Waals surface area contributed by atoms with E-state index < -0.39 is 23.2 Å². The van der Waals surface area contributed by atoms with E-state index in [4.69, 9.17) is 9.47 Å². The topological polar surface area (TPSA) is 94.8 Å². The van der Waals surface area contributed by atoms with E-state index in [-0.39, 0.29) is 29.1 Å². The predicted molar refractivity (Wildman–Crippen MR) is 158 cm³/mol. The highest BCUT2D eigenvalue weighted by Crippen LogP contribution is 2.33. The molecule has 1 amide bonds. The van der Waals surface area contributed by atoms with Gasteiger partial charge in [0.25, 0.3) is 11.5 Å². The summed E-state index contributed by atoms with van der Waals surface area (Å²) in [6.07, 6.45) is -3.30. The SMILES string of the molecule is COc1cccc(C=Nn2c(-c3cccc(C(F)(F)F)c3)nc3ccccc3c2=O)c1OCC(=O)Nc1ccccc1C. The largest absolute Gasteiger partial charge is 0.493 e. The van der Waals surface area contributed by atoms with Crippen molar-refractivity contribution in [1.29, 1.82) is 0 Å². The van der Waals surface area contributed by atoms with Gasteiger partial charge < -0.3 is 14.8 Å². The smallest absolute Gasteiger partial charge is 0.416 e. The van der Waals surface area contributed by atoms with Gasteiger partial charge in [-0.2, -0.15) is 22.9 Å². The van der Waals surface area contributed by atoms with Gasteiger partial charge in [0.2, 0.25) is 0 Å². The maximum absolute atomic E-state index is 13.5. The maximum Gasteiger partial charge on any atom is 0.416 e. The third-order valence-corrected chi connectivity index (χ3v) is 6.51. The normalized spacial score (nSPS) is 11.6. The molecule has 5 aromatic rings. The molecule has 0 radical (unpaired) electrons. The van der Waals surface area contributed by atoms with E-state index in [0.717, 1.165) is 22.4 Å². The Bertz CT molecular complexity index is 1900. The molecule has 4 aromatic carbocycles. The zero-order chi connectivity index (χ0) is 30.6. The van der Waals surface area contributed by atoms with E-state index in [1.165, 1.54) is 25.5 Å². The molecule has 218 valence electrons. The quantitative estimate of drug-likeness (QED) is 0.216. The summed E-state index contributed by atoms with van der Waals surface area (Å²) in [7, 11) is 1.43. The summed E-state index contributed by atoms with van der Waals surface area (Å²) >= 11 is 0. The summed E-state index contributed by atoms with van der Waals surface area (Å²) < 4.78 is 52.7. The molecule has 0 unspecified atom stereocenters. The fraction of sp³-hybridized carbons (Fsp3) is 0.125. The molecule has 0 aliphatic carbocycles. The van der Waals surface area contributed by atoms with Crippen molar-refractivity contribution in [3.05, 3.63) is 118 Å². The molecule has 0 aliphatic rings. The van der Waals surface area contributed by atoms with E-state index in [9.17, 15) is 22.8 Å². The molecule has 11 heteroatoms. The second-order valence-electron chi connectivity index (χ2n) is 9.42. The summed E-state index contributed by atoms with van der Waals surface area (Å²) in [4.78, 5) is 30.7. The average molecular weight is 587 g/mol. The van der Waals surface area contributed by atoms with Gasteiger partial charge in [0.15, 0.2) is 23.9 Å². The molecule has 8 nitrogen and oxygen atoms in total. The summed E-state index contributed by atoms with van der Waals surface area (Å²) in [5.41, 5.74) is 0.738. The van der Waals surface area contributed by atoms with E-state index >= 15 is 0 Å². The molecule has 43 heavy (non-hydrogen) atoms. The van der Waals surface area contributed by atoms with Crippen LogP contribution in [0, 0.1) is 6.92 Å². The van der Waals surface area contributed by atoms with E-state index in [1.807, 2.05) is 19.1 Å². The lowest BCUT2D eigenvalue weighted by molar-refractivity contribution is -0.137. The van der Waals surface area contributed by atoms with E-state index in [2.05, 4.69) is 15.4 Å². The van der Waals surface area contributed by atoms with Gasteiger partial charge in [0.1, 0.15) is 0 Å². The molecule has 0 bridgehead atoms. The number of aryl methyl sites for hydroxylation is 1. The number of para-hydroxylation sites is 3. The second-order valence-corrected chi connectivity index (χ2v) is 9.42. The first-order valence-electron chi connectivity index (χ1n) is 13.0. The van der Waals surface area contributed by atoms with Gasteiger partial charge in [-0.1, -0.05) is 48.5 Å². The van der Waals surface area contributed by atoms with Crippen molar-refractivity contribution in [2.75, 3.05) is 19.0 Å². The molecular formula is C32H25F3N4O4. The third kappa shape index (κ3) is 6.40. The Morgan fingerprint density at radius 3 is 2.51 bits per heavy atom. The Labute approximate surface area is 244 Å². The van der Waals surface area contributed by atoms with Gasteiger partial charge in [-0.3, -0.25) is 9.59 Å². The molecule has 0 saturated heterocycles. The highest BCUT2D eigenvalue weighted by Gasteiger charge is 2.31. The lowest BCUT2D eigenvalue weighted by Gasteiger charge is -2.14. The highest BCUT2D eigenvalue weighted by atomic mass is 19.4. The molecule has 0 fully saturated rings. The zero-order valence-corrected chi connectivity index (χ0v) is 23.1. The van der Waals surface area contributed by atoms with Crippen molar-refractivity contribution in [2.45, 2.75) is 13.1 Å². The van der Waals surface area contributed by atoms with Crippen LogP contribution in [0.1, 0.15) is 16.7 Å². The lowest BCUT2D eigenvalue weighted by Crippen LogP contribution is -2.21. The number of fused-ring (bicyclic) bond motifs is 1. The molecule has 1 aromatic heterocycles. The Hall–Kier alpha value is -5.45. The Balaban J connectivity index is 1.53. The van der Waals surface area contributed by atoms with Gasteiger partial charge in [0, 0.05) is 16.8 Å². The molecule has 0 saturated carbocycles. The first-order chi connectivity index (χ1) is 20.7. The molecule has 0 atom stereocenters. The summed E-state index contributed by atoms with van der Waals surface area (Å²) in [5, 5.41) is 7.35. The number of nitrogens with one attached hydrogen (secondary N) is 1. The predicted octanol–water partition coefficient (Wildman–Crippen LogP) is 6.30. The molecule has 1 heterocycles. The third-order valence-electron chi connectivity index (χ3n) is 6.51. The van der Waals surface area contributed by atoms with Gasteiger partial charge in [0.05, 0.1) is 29.8 Å². The van der Waals surface area contributed by atoms with Crippen molar-refractivity contribution in [3.8, 4) is 22.9 Å². The van der Waals surface area contributed by atoms with E-state index in [1.54, 1.807) is 54.6 Å². The van der Waals surface area contributed by atoms with Crippen molar-refractivity contribution >= 4 is 28.7 Å². The first kappa shape index (κ1) is 29.1. The molecule has 5 rings (SSSR count). The number of nitrogens with zero attached hydrogens (tertiary/aromatic N) is 3. The summed E-state index contributed by atoms with van der Waals surface area (Å²) in [6.45, 7) is 1.50. The second kappa shape index (κ2) is 12.2. The maximum atomic E-state index is 13.5. The van der Waals surface area contributed by atoms with Gasteiger partial charge in [-0.05, 0) is 55.0 Å². The number of hydrogen-bond donors (Lipinski definition) is 1. The summed E-state index contributed by atoms with van der Waals surface area (Å²) in [5.74, 6) is -0.0234. The number of amides is 1. The van der Waals surface area contributed by atoms with Crippen LogP contribution in [-0.4, -0.2) is 35.5 Å². The van der Waals surface area contributed by atoms with Crippen LogP contribution in [0.5, 0.6) is 11.5 Å². The molecule has 1 N–H and O–H groups in total. The molecular weight excluding hydrogens is 561 g/mol. The fourth-order valence-electron chi connectivity index (χ4n) is 4.36. The lowest BCUT2D eigenvalue weighted by atomic mass is 10.1. The van der Waals surface area contributed by atoms with Crippen LogP contribution in [0.3, 0.4) is 0 Å². The number of carbonyl (C=O) groups is 1. The summed E-state index contributed by atoms with van der Waals surface area (Å²) in [6, 6.07) is 23.2. The number of aromatic nitrogens is 2. The van der Waals surface area contributed by atoms with Crippen LogP contribution in [0.4, 0.5) is 18.9 Å². The number of alkyl halides is 3. The Kier molecular flexibility index (Phi) is 8.24. The first-order valence-corrected chi connectivity index (χ1v) is 13.0. The number of rotatable bonds is 8. The van der Waals surface area contributed by atoms with Gasteiger partial charge >= 0.3 is 6.18 Å². The number of methoxy groups -OCH3 is 1. The minimum Gasteiger partial charge on any atom is -0.493 e. The number of anilines is 1. The number of hydrogen-bond acceptors (Lipinski definition) is 6. The van der Waals surface area contributed by atoms with Gasteiger partial charge in [-0.25, -0.2) is 4.98 Å². The Morgan fingerprint density at radius 1 is 1.00 bits per heavy atom. The van der Waals surface area contributed by atoms with Crippen LogP contribution >= 0.6 is 0 Å². The number of carbonyl (C=O) groups excluding carboxylic acids is 1. The van der Waals surface area contributed by atoms with Crippen LogP contribution in [0.15, 0.2) is 101 Å². The van der Waals surface area contributed by atoms with E-state index in [0.29, 0.717) is 22.5 Å². The van der Waals surface area contributed by atoms with Crippen molar-refractivity contribution in [3.63, 3.8) is 0 Å². The number of ether oxygens (including phenoxy) is 2. The minimum absolute atomic E-state index is 0.0461. The monoisotopic (exact) mass is 586 g/mol. The van der Waals surface area contributed by atoms with Crippen molar-refractivity contribution < 1.29 is 27.4 Å². The van der Waals surface area contributed by atoms with Crippen molar-refractivity contribution in [2.24, 2.45) is 5.10 Å². The van der Waals surface area contributed by atoms with Gasteiger partial charge in [-0.15, -0.1) is 0 Å². The van der Waals surface area contributed by atoms with Crippen LogP contribution in [0.2, 0.25) is 0 Å². The zero-order valence-electron chi connectivity index (χ0n) is 23.1. The number of halogens is 3. The standard InChI is InChI=1S/C32H25F3N4O4/c1-20-9-3-5-14-25(20)37-28(40)19-43-29-22(11-8-16-27(29)42-2)18-36-39-30(21-10-7-12-23(17-21)32(33,34)35)38-26-15-6-4-13-24(26)31(39)41/h3-18H,19H2,1-2H3,(H,37,40). The van der Waals surface area contributed by atoms with Crippen molar-refractivity contribution in [1.82, 2.24) is 9.66 Å². The van der Waals surface area contributed by atoms with Crippen LogP contribution in [0.25, 0.3) is 22.3 Å². The molecule has 0 spiro atoms. The highest BCUT2D eigenvalue weighted by molar-refractivity contribution is 5.93. The van der Waals surface area contributed by atoms with Crippen LogP contribution < -0.4 is 20.3 Å². The number of benzene rings is 4. The Morgan fingerprint density at radius 2 is 1.74 bits per heavy atom. The fourth-order valence-corrected chi connectivity index (χ4v) is 4.36. The molecule has 0 aliphatic heterocycles. The average Bonchev–Trinajstić information content (AvgIpc) is 3.00. The minimum atomic E-state index is -4.60.